The first-order valence-electron chi connectivity index (χ1n) is 7.58. The Morgan fingerprint density at radius 1 is 1.26 bits per heavy atom. The van der Waals surface area contributed by atoms with Crippen molar-refractivity contribution >= 4 is 5.91 Å². The number of hydrogen-bond donors (Lipinski definition) is 1. The quantitative estimate of drug-likeness (QED) is 0.804. The van der Waals surface area contributed by atoms with Crippen LogP contribution in [0.4, 0.5) is 0 Å². The van der Waals surface area contributed by atoms with Crippen molar-refractivity contribution in [3.05, 3.63) is 0 Å². The highest BCUT2D eigenvalue weighted by Crippen LogP contribution is 2.16. The van der Waals surface area contributed by atoms with Crippen LogP contribution in [-0.2, 0) is 9.53 Å². The van der Waals surface area contributed by atoms with Crippen molar-refractivity contribution in [1.29, 1.82) is 0 Å². The molecule has 19 heavy (non-hydrogen) atoms. The highest BCUT2D eigenvalue weighted by Gasteiger charge is 2.28. The lowest BCUT2D eigenvalue weighted by atomic mass is 10.1. The number of hydrogen-bond acceptors (Lipinski definition) is 4. The molecule has 0 spiro atoms. The van der Waals surface area contributed by atoms with Gasteiger partial charge in [0.1, 0.15) is 0 Å². The van der Waals surface area contributed by atoms with E-state index in [1.165, 1.54) is 0 Å². The first kappa shape index (κ1) is 14.8. The van der Waals surface area contributed by atoms with Crippen molar-refractivity contribution in [2.45, 2.75) is 44.7 Å². The molecule has 5 nitrogen and oxygen atoms in total. The topological polar surface area (TPSA) is 58.8 Å². The molecule has 2 rings (SSSR count). The molecule has 5 heteroatoms. The molecule has 0 aliphatic carbocycles. The van der Waals surface area contributed by atoms with Gasteiger partial charge in [0.25, 0.3) is 0 Å². The van der Waals surface area contributed by atoms with Gasteiger partial charge in [-0.2, -0.15) is 0 Å². The summed E-state index contributed by atoms with van der Waals surface area (Å²) in [6.07, 6.45) is 4.01. The van der Waals surface area contributed by atoms with Gasteiger partial charge in [-0.15, -0.1) is 0 Å². The minimum absolute atomic E-state index is 0.133. The van der Waals surface area contributed by atoms with Gasteiger partial charge in [-0.25, -0.2) is 0 Å². The summed E-state index contributed by atoms with van der Waals surface area (Å²) in [5.74, 6) is 0.133. The molecule has 110 valence electrons. The van der Waals surface area contributed by atoms with Gasteiger partial charge in [0.05, 0.1) is 6.04 Å². The molecule has 1 amide bonds. The van der Waals surface area contributed by atoms with Gasteiger partial charge in [-0.1, -0.05) is 13.3 Å². The van der Waals surface area contributed by atoms with Crippen LogP contribution in [0.3, 0.4) is 0 Å². The monoisotopic (exact) mass is 269 g/mol. The van der Waals surface area contributed by atoms with Crippen LogP contribution in [0.15, 0.2) is 0 Å². The SMILES string of the molecule is CCCC(N)C(=O)N1CCN(C2CCOCC2)CC1. The Morgan fingerprint density at radius 2 is 1.89 bits per heavy atom. The van der Waals surface area contributed by atoms with Crippen LogP contribution in [0.1, 0.15) is 32.6 Å². The maximum absolute atomic E-state index is 12.1. The summed E-state index contributed by atoms with van der Waals surface area (Å²) in [6.45, 7) is 7.44. The zero-order chi connectivity index (χ0) is 13.7. The molecule has 0 aromatic carbocycles. The molecule has 2 aliphatic heterocycles. The third-order valence-electron chi connectivity index (χ3n) is 4.25. The Bertz CT molecular complexity index is 284. The van der Waals surface area contributed by atoms with E-state index in [4.69, 9.17) is 10.5 Å². The van der Waals surface area contributed by atoms with E-state index in [1.54, 1.807) is 0 Å². The first-order chi connectivity index (χ1) is 9.22. The Labute approximate surface area is 116 Å². The summed E-state index contributed by atoms with van der Waals surface area (Å²) in [5.41, 5.74) is 5.91. The molecule has 0 bridgehead atoms. The lowest BCUT2D eigenvalue weighted by Gasteiger charge is -2.41. The lowest BCUT2D eigenvalue weighted by Crippen LogP contribution is -2.55. The van der Waals surface area contributed by atoms with E-state index in [9.17, 15) is 4.79 Å². The molecule has 2 aliphatic rings. The molecular formula is C14H27N3O2. The molecule has 2 N–H and O–H groups in total. The zero-order valence-electron chi connectivity index (χ0n) is 12.0. The van der Waals surface area contributed by atoms with Gasteiger partial charge < -0.3 is 15.4 Å². The van der Waals surface area contributed by atoms with E-state index in [-0.39, 0.29) is 11.9 Å². The maximum Gasteiger partial charge on any atom is 0.239 e. The summed E-state index contributed by atoms with van der Waals surface area (Å²) >= 11 is 0. The number of rotatable bonds is 4. The lowest BCUT2D eigenvalue weighted by molar-refractivity contribution is -0.135. The minimum atomic E-state index is -0.306. The smallest absolute Gasteiger partial charge is 0.239 e. The molecule has 0 aromatic rings. The van der Waals surface area contributed by atoms with Crippen molar-refractivity contribution in [3.8, 4) is 0 Å². The summed E-state index contributed by atoms with van der Waals surface area (Å²) in [5, 5.41) is 0. The van der Waals surface area contributed by atoms with Crippen LogP contribution in [-0.4, -0.2) is 67.2 Å². The number of piperazine rings is 1. The van der Waals surface area contributed by atoms with Gasteiger partial charge >= 0.3 is 0 Å². The Balaban J connectivity index is 1.76. The molecule has 2 saturated heterocycles. The van der Waals surface area contributed by atoms with Crippen molar-refractivity contribution in [1.82, 2.24) is 9.80 Å². The summed E-state index contributed by atoms with van der Waals surface area (Å²) in [4.78, 5) is 16.6. The minimum Gasteiger partial charge on any atom is -0.381 e. The Hall–Kier alpha value is -0.650. The third kappa shape index (κ3) is 3.91. The van der Waals surface area contributed by atoms with Crippen LogP contribution in [0.25, 0.3) is 0 Å². The van der Waals surface area contributed by atoms with Crippen LogP contribution < -0.4 is 5.73 Å². The van der Waals surface area contributed by atoms with Gasteiger partial charge in [-0.05, 0) is 19.3 Å². The number of carbonyl (C=O) groups is 1. The second-order valence-corrected chi connectivity index (χ2v) is 5.60. The predicted octanol–water partition coefficient (Wildman–Crippen LogP) is 0.437. The second-order valence-electron chi connectivity index (χ2n) is 5.60. The molecule has 1 atom stereocenters. The molecule has 0 radical (unpaired) electrons. The number of nitrogens with zero attached hydrogens (tertiary/aromatic N) is 2. The molecule has 0 aromatic heterocycles. The highest BCUT2D eigenvalue weighted by molar-refractivity contribution is 5.81. The van der Waals surface area contributed by atoms with E-state index in [1.807, 2.05) is 4.90 Å². The Kier molecular flexibility index (Phi) is 5.60. The normalized spacial score (nSPS) is 24.4. The molecule has 0 saturated carbocycles. The highest BCUT2D eigenvalue weighted by atomic mass is 16.5. The number of carbonyl (C=O) groups excluding carboxylic acids is 1. The van der Waals surface area contributed by atoms with E-state index < -0.39 is 0 Å². The average molecular weight is 269 g/mol. The Morgan fingerprint density at radius 3 is 2.47 bits per heavy atom. The summed E-state index contributed by atoms with van der Waals surface area (Å²) < 4.78 is 5.40. The van der Waals surface area contributed by atoms with Gasteiger partial charge in [0.15, 0.2) is 0 Å². The van der Waals surface area contributed by atoms with Crippen molar-refractivity contribution in [2.24, 2.45) is 5.73 Å². The predicted molar refractivity (Wildman–Crippen MR) is 74.9 cm³/mol. The number of amides is 1. The van der Waals surface area contributed by atoms with Crippen LogP contribution in [0.5, 0.6) is 0 Å². The first-order valence-corrected chi connectivity index (χ1v) is 7.58. The molecule has 2 heterocycles. The fourth-order valence-electron chi connectivity index (χ4n) is 3.03. The largest absolute Gasteiger partial charge is 0.381 e. The van der Waals surface area contributed by atoms with Gasteiger partial charge in [0, 0.05) is 45.4 Å². The zero-order valence-corrected chi connectivity index (χ0v) is 12.0. The van der Waals surface area contributed by atoms with Crippen molar-refractivity contribution in [3.63, 3.8) is 0 Å². The van der Waals surface area contributed by atoms with E-state index in [2.05, 4.69) is 11.8 Å². The summed E-state index contributed by atoms with van der Waals surface area (Å²) in [6, 6.07) is 0.343. The maximum atomic E-state index is 12.1. The van der Waals surface area contributed by atoms with Crippen molar-refractivity contribution < 1.29 is 9.53 Å². The van der Waals surface area contributed by atoms with Crippen LogP contribution in [0.2, 0.25) is 0 Å². The van der Waals surface area contributed by atoms with Crippen LogP contribution in [0, 0.1) is 0 Å². The molecule has 1 unspecified atom stereocenters. The van der Waals surface area contributed by atoms with Gasteiger partial charge in [-0.3, -0.25) is 9.69 Å². The molecule has 2 fully saturated rings. The fraction of sp³-hybridized carbons (Fsp3) is 0.929. The summed E-state index contributed by atoms with van der Waals surface area (Å²) in [7, 11) is 0. The number of nitrogens with two attached hydrogens (primary N) is 1. The second kappa shape index (κ2) is 7.22. The van der Waals surface area contributed by atoms with Gasteiger partial charge in [0.2, 0.25) is 5.91 Å². The standard InChI is InChI=1S/C14H27N3O2/c1-2-3-13(15)14(18)17-8-6-16(7-9-17)12-4-10-19-11-5-12/h12-13H,2-11,15H2,1H3. The van der Waals surface area contributed by atoms with E-state index in [0.29, 0.717) is 6.04 Å². The average Bonchev–Trinajstić information content (AvgIpc) is 2.48. The molecular weight excluding hydrogens is 242 g/mol. The fourth-order valence-corrected chi connectivity index (χ4v) is 3.03. The van der Waals surface area contributed by atoms with E-state index in [0.717, 1.165) is 65.1 Å². The van der Waals surface area contributed by atoms with E-state index >= 15 is 0 Å². The van der Waals surface area contributed by atoms with Crippen molar-refractivity contribution in [2.75, 3.05) is 39.4 Å². The third-order valence-corrected chi connectivity index (χ3v) is 4.25. The van der Waals surface area contributed by atoms with Crippen LogP contribution >= 0.6 is 0 Å². The number of ether oxygens (including phenoxy) is 1.